The molecule has 72 valence electrons. The first-order chi connectivity index (χ1) is 6.58. The van der Waals surface area contributed by atoms with Crippen LogP contribution in [0.25, 0.3) is 10.1 Å². The van der Waals surface area contributed by atoms with Crippen LogP contribution in [0.15, 0.2) is 18.2 Å². The van der Waals surface area contributed by atoms with Gasteiger partial charge in [0.15, 0.2) is 0 Å². The summed E-state index contributed by atoms with van der Waals surface area (Å²) in [7, 11) is 0. The number of nitrogens with zero attached hydrogens (tertiary/aromatic N) is 1. The Balaban J connectivity index is 2.72. The second kappa shape index (κ2) is 3.47. The van der Waals surface area contributed by atoms with E-state index >= 15 is 0 Å². The predicted octanol–water partition coefficient (Wildman–Crippen LogP) is 3.72. The van der Waals surface area contributed by atoms with Crippen LogP contribution >= 0.6 is 33.9 Å². The number of nitro groups is 1. The molecule has 0 fully saturated rings. The number of halogens is 1. The van der Waals surface area contributed by atoms with Gasteiger partial charge in [-0.15, -0.1) is 0 Å². The number of rotatable bonds is 1. The molecule has 0 bridgehead atoms. The van der Waals surface area contributed by atoms with Crippen molar-refractivity contribution in [2.24, 2.45) is 0 Å². The predicted molar refractivity (Wildman–Crippen MR) is 65.9 cm³/mol. The summed E-state index contributed by atoms with van der Waals surface area (Å²) in [5, 5.41) is 11.7. The molecule has 0 atom stereocenters. The van der Waals surface area contributed by atoms with Gasteiger partial charge in [0, 0.05) is 19.7 Å². The molecule has 1 aromatic heterocycles. The molecular weight excluding hydrogens is 313 g/mol. The van der Waals surface area contributed by atoms with Crippen LogP contribution in [0, 0.1) is 20.6 Å². The van der Waals surface area contributed by atoms with Crippen molar-refractivity contribution in [3.63, 3.8) is 0 Å². The van der Waals surface area contributed by atoms with Crippen molar-refractivity contribution in [1.29, 1.82) is 0 Å². The summed E-state index contributed by atoms with van der Waals surface area (Å²) in [5.41, 5.74) is 1.16. The summed E-state index contributed by atoms with van der Waals surface area (Å²) in [5.74, 6) is 0. The summed E-state index contributed by atoms with van der Waals surface area (Å²) >= 11 is 3.46. The molecule has 0 unspecified atom stereocenters. The first kappa shape index (κ1) is 9.85. The van der Waals surface area contributed by atoms with Gasteiger partial charge in [-0.3, -0.25) is 10.1 Å². The minimum atomic E-state index is -0.340. The van der Waals surface area contributed by atoms with Crippen molar-refractivity contribution < 1.29 is 4.92 Å². The van der Waals surface area contributed by atoms with Crippen molar-refractivity contribution in [3.05, 3.63) is 37.4 Å². The normalized spacial score (nSPS) is 10.7. The molecule has 3 nitrogen and oxygen atoms in total. The molecule has 0 spiro atoms. The third-order valence-electron chi connectivity index (χ3n) is 1.96. The smallest absolute Gasteiger partial charge is 0.258 e. The molecule has 5 heteroatoms. The van der Waals surface area contributed by atoms with E-state index in [1.807, 2.05) is 19.1 Å². The fourth-order valence-corrected chi connectivity index (χ4v) is 2.69. The molecule has 2 aromatic rings. The van der Waals surface area contributed by atoms with Crippen molar-refractivity contribution in [3.8, 4) is 0 Å². The second-order valence-corrected chi connectivity index (χ2v) is 5.21. The van der Waals surface area contributed by atoms with E-state index < -0.39 is 0 Å². The van der Waals surface area contributed by atoms with E-state index in [0.29, 0.717) is 0 Å². The number of aryl methyl sites for hydroxylation is 1. The fourth-order valence-electron chi connectivity index (χ4n) is 1.24. The minimum Gasteiger partial charge on any atom is -0.258 e. The SMILES string of the molecule is Cc1cc2sc([N+](=O)[O-])cc2cc1I. The molecule has 0 radical (unpaired) electrons. The van der Waals surface area contributed by atoms with Crippen molar-refractivity contribution in [2.45, 2.75) is 6.92 Å². The summed E-state index contributed by atoms with van der Waals surface area (Å²) in [6, 6.07) is 5.60. The van der Waals surface area contributed by atoms with Gasteiger partial charge in [-0.2, -0.15) is 0 Å². The lowest BCUT2D eigenvalue weighted by molar-refractivity contribution is -0.380. The molecule has 1 aromatic carbocycles. The van der Waals surface area contributed by atoms with Crippen LogP contribution in [-0.2, 0) is 0 Å². The van der Waals surface area contributed by atoms with Gasteiger partial charge in [0.2, 0.25) is 0 Å². The molecule has 0 aliphatic heterocycles. The van der Waals surface area contributed by atoms with Gasteiger partial charge in [0.05, 0.1) is 4.92 Å². The lowest BCUT2D eigenvalue weighted by Gasteiger charge is -1.95. The highest BCUT2D eigenvalue weighted by Gasteiger charge is 2.11. The maximum absolute atomic E-state index is 10.6. The molecule has 1 heterocycles. The van der Waals surface area contributed by atoms with Gasteiger partial charge in [-0.25, -0.2) is 0 Å². The first-order valence-corrected chi connectivity index (χ1v) is 5.81. The van der Waals surface area contributed by atoms with E-state index in [1.165, 1.54) is 11.3 Å². The van der Waals surface area contributed by atoms with Crippen LogP contribution in [0.4, 0.5) is 5.00 Å². The van der Waals surface area contributed by atoms with Crippen LogP contribution in [0.3, 0.4) is 0 Å². The Morgan fingerprint density at radius 2 is 2.14 bits per heavy atom. The minimum absolute atomic E-state index is 0.210. The van der Waals surface area contributed by atoms with Crippen LogP contribution in [0.2, 0.25) is 0 Å². The quantitative estimate of drug-likeness (QED) is 0.457. The van der Waals surface area contributed by atoms with Gasteiger partial charge < -0.3 is 0 Å². The molecular formula is C9H6INO2S. The molecule has 0 amide bonds. The summed E-state index contributed by atoms with van der Waals surface area (Å²) in [6.07, 6.45) is 0. The van der Waals surface area contributed by atoms with Crippen molar-refractivity contribution >= 4 is 49.0 Å². The fraction of sp³-hybridized carbons (Fsp3) is 0.111. The van der Waals surface area contributed by atoms with Gasteiger partial charge in [-0.05, 0) is 47.2 Å². The molecule has 0 saturated carbocycles. The Morgan fingerprint density at radius 1 is 1.43 bits per heavy atom. The Hall–Kier alpha value is -0.690. The van der Waals surface area contributed by atoms with Gasteiger partial charge in [-0.1, -0.05) is 11.3 Å². The van der Waals surface area contributed by atoms with E-state index in [0.717, 1.165) is 19.2 Å². The van der Waals surface area contributed by atoms with Crippen molar-refractivity contribution in [2.75, 3.05) is 0 Å². The monoisotopic (exact) mass is 319 g/mol. The summed E-state index contributed by atoms with van der Waals surface area (Å²) < 4.78 is 2.12. The molecule has 0 N–H and O–H groups in total. The zero-order valence-electron chi connectivity index (χ0n) is 7.28. The lowest BCUT2D eigenvalue weighted by atomic mass is 10.2. The Bertz CT molecular complexity index is 482. The Kier molecular flexibility index (Phi) is 2.44. The Labute approximate surface area is 98.0 Å². The molecule has 0 saturated heterocycles. The highest BCUT2D eigenvalue weighted by atomic mass is 127. The molecule has 2 rings (SSSR count). The highest BCUT2D eigenvalue weighted by molar-refractivity contribution is 14.1. The van der Waals surface area contributed by atoms with Crippen LogP contribution in [0.1, 0.15) is 5.56 Å². The van der Waals surface area contributed by atoms with Crippen LogP contribution < -0.4 is 0 Å². The number of benzene rings is 1. The number of fused-ring (bicyclic) bond motifs is 1. The van der Waals surface area contributed by atoms with E-state index in [1.54, 1.807) is 6.07 Å². The molecule has 14 heavy (non-hydrogen) atoms. The Morgan fingerprint density at radius 3 is 2.79 bits per heavy atom. The third-order valence-corrected chi connectivity index (χ3v) is 4.18. The maximum atomic E-state index is 10.6. The van der Waals surface area contributed by atoms with E-state index in [2.05, 4.69) is 22.6 Å². The van der Waals surface area contributed by atoms with E-state index in [4.69, 9.17) is 0 Å². The standard InChI is InChI=1S/C9H6INO2S/c1-5-2-8-6(3-7(5)10)4-9(14-8)11(12)13/h2-4H,1H3. The van der Waals surface area contributed by atoms with E-state index in [-0.39, 0.29) is 9.92 Å². The highest BCUT2D eigenvalue weighted by Crippen LogP contribution is 2.33. The second-order valence-electron chi connectivity index (χ2n) is 2.98. The van der Waals surface area contributed by atoms with Crippen LogP contribution in [-0.4, -0.2) is 4.92 Å². The maximum Gasteiger partial charge on any atom is 0.325 e. The topological polar surface area (TPSA) is 43.1 Å². The summed E-state index contributed by atoms with van der Waals surface area (Å²) in [4.78, 5) is 10.2. The average Bonchev–Trinajstić information content (AvgIpc) is 2.48. The lowest BCUT2D eigenvalue weighted by Crippen LogP contribution is -1.80. The third kappa shape index (κ3) is 1.61. The van der Waals surface area contributed by atoms with Gasteiger partial charge in [0.25, 0.3) is 0 Å². The van der Waals surface area contributed by atoms with Crippen molar-refractivity contribution in [1.82, 2.24) is 0 Å². The molecule has 0 aliphatic rings. The number of thiophene rings is 1. The van der Waals surface area contributed by atoms with Crippen LogP contribution in [0.5, 0.6) is 0 Å². The molecule has 0 aliphatic carbocycles. The number of hydrogen-bond donors (Lipinski definition) is 0. The first-order valence-electron chi connectivity index (χ1n) is 3.92. The zero-order chi connectivity index (χ0) is 10.3. The van der Waals surface area contributed by atoms with Gasteiger partial charge in [0.1, 0.15) is 0 Å². The zero-order valence-corrected chi connectivity index (χ0v) is 10.3. The summed E-state index contributed by atoms with van der Waals surface area (Å²) in [6.45, 7) is 2.01. The average molecular weight is 319 g/mol. The largest absolute Gasteiger partial charge is 0.325 e. The van der Waals surface area contributed by atoms with E-state index in [9.17, 15) is 10.1 Å². The van der Waals surface area contributed by atoms with Gasteiger partial charge >= 0.3 is 5.00 Å². The number of hydrogen-bond acceptors (Lipinski definition) is 3.